The average Bonchev–Trinajstić information content (AvgIpc) is 2.23. The van der Waals surface area contributed by atoms with Crippen LogP contribution in [0.4, 0.5) is 0 Å². The average molecular weight is 278 g/mol. The molecule has 0 spiro atoms. The second-order valence-corrected chi connectivity index (χ2v) is 8.02. The zero-order valence-corrected chi connectivity index (χ0v) is 13.8. The van der Waals surface area contributed by atoms with Crippen LogP contribution in [0.1, 0.15) is 69.8 Å². The largest absolute Gasteiger partial charge is 0.282 e. The van der Waals surface area contributed by atoms with E-state index in [0.717, 1.165) is 6.42 Å². The predicted molar refractivity (Wildman–Crippen MR) is 86.0 cm³/mol. The topological polar surface area (TPSA) is 17.1 Å². The summed E-state index contributed by atoms with van der Waals surface area (Å²) in [4.78, 5) is 11.2. The van der Waals surface area contributed by atoms with Crippen molar-refractivity contribution in [3.05, 3.63) is 35.4 Å². The first kappa shape index (κ1) is 16.3. The number of hydrogen-bond acceptors (Lipinski definition) is 1. The molecule has 0 aromatic heterocycles. The Balaban J connectivity index is 3.08. The SMILES string of the molecule is CC(C)(C)CC(c1ccc(C(=O)S)cc1)C(C)(C)C. The molecule has 106 valence electrons. The van der Waals surface area contributed by atoms with Crippen LogP contribution < -0.4 is 0 Å². The van der Waals surface area contributed by atoms with Gasteiger partial charge in [0, 0.05) is 5.56 Å². The van der Waals surface area contributed by atoms with Crippen LogP contribution >= 0.6 is 12.6 Å². The standard InChI is InChI=1S/C17H26OS/c1-16(2,3)11-14(17(4,5)6)12-7-9-13(10-8-12)15(18)19/h7-10,14H,11H2,1-6H3,(H,18,19). The molecule has 1 rings (SSSR count). The highest BCUT2D eigenvalue weighted by atomic mass is 32.1. The van der Waals surface area contributed by atoms with Gasteiger partial charge in [-0.1, -0.05) is 65.8 Å². The summed E-state index contributed by atoms with van der Waals surface area (Å²) >= 11 is 3.86. The third-order valence-corrected chi connectivity index (χ3v) is 3.68. The normalized spacial score (nSPS) is 14.3. The summed E-state index contributed by atoms with van der Waals surface area (Å²) in [6.45, 7) is 13.7. The fourth-order valence-electron chi connectivity index (χ4n) is 2.39. The van der Waals surface area contributed by atoms with Gasteiger partial charge in [-0.25, -0.2) is 0 Å². The number of thiol groups is 1. The molecule has 0 bridgehead atoms. The lowest BCUT2D eigenvalue weighted by molar-refractivity contribution is 0.109. The Bertz CT molecular complexity index is 432. The molecule has 0 saturated carbocycles. The van der Waals surface area contributed by atoms with Crippen LogP contribution in [0.25, 0.3) is 0 Å². The van der Waals surface area contributed by atoms with E-state index >= 15 is 0 Å². The van der Waals surface area contributed by atoms with Crippen LogP contribution in [0.15, 0.2) is 24.3 Å². The molecule has 1 aromatic carbocycles. The third kappa shape index (κ3) is 5.02. The number of hydrogen-bond donors (Lipinski definition) is 1. The van der Waals surface area contributed by atoms with Gasteiger partial charge in [0.15, 0.2) is 0 Å². The molecule has 0 aliphatic heterocycles. The summed E-state index contributed by atoms with van der Waals surface area (Å²) in [5.74, 6) is 0.483. The Morgan fingerprint density at radius 1 is 1.05 bits per heavy atom. The van der Waals surface area contributed by atoms with Crippen molar-refractivity contribution in [3.63, 3.8) is 0 Å². The molecule has 0 fully saturated rings. The first-order valence-corrected chi connectivity index (χ1v) is 7.29. The van der Waals surface area contributed by atoms with Gasteiger partial charge >= 0.3 is 0 Å². The van der Waals surface area contributed by atoms with Crippen LogP contribution in [0.2, 0.25) is 0 Å². The van der Waals surface area contributed by atoms with Crippen molar-refractivity contribution in [1.29, 1.82) is 0 Å². The molecule has 0 saturated heterocycles. The fraction of sp³-hybridized carbons (Fsp3) is 0.588. The molecule has 0 radical (unpaired) electrons. The van der Waals surface area contributed by atoms with Crippen molar-refractivity contribution in [2.75, 3.05) is 0 Å². The van der Waals surface area contributed by atoms with E-state index in [1.54, 1.807) is 0 Å². The molecule has 19 heavy (non-hydrogen) atoms. The molecule has 0 heterocycles. The number of rotatable bonds is 3. The van der Waals surface area contributed by atoms with Crippen LogP contribution in [0, 0.1) is 10.8 Å². The van der Waals surface area contributed by atoms with Crippen LogP contribution in [0.5, 0.6) is 0 Å². The van der Waals surface area contributed by atoms with Crippen LogP contribution in [-0.2, 0) is 0 Å². The Morgan fingerprint density at radius 3 is 1.84 bits per heavy atom. The fourth-order valence-corrected chi connectivity index (χ4v) is 2.54. The Labute approximate surface area is 123 Å². The molecule has 1 nitrogen and oxygen atoms in total. The number of benzene rings is 1. The van der Waals surface area contributed by atoms with E-state index in [-0.39, 0.29) is 15.9 Å². The zero-order valence-electron chi connectivity index (χ0n) is 12.9. The second kappa shape index (κ2) is 5.70. The molecule has 0 N–H and O–H groups in total. The maximum Gasteiger partial charge on any atom is 0.216 e. The van der Waals surface area contributed by atoms with E-state index in [2.05, 4.69) is 66.3 Å². The summed E-state index contributed by atoms with van der Waals surface area (Å²) < 4.78 is 0. The Hall–Kier alpha value is -0.760. The molecule has 1 atom stereocenters. The summed E-state index contributed by atoms with van der Waals surface area (Å²) in [7, 11) is 0. The van der Waals surface area contributed by atoms with Crippen LogP contribution in [0.3, 0.4) is 0 Å². The van der Waals surface area contributed by atoms with Gasteiger partial charge in [-0.05, 0) is 28.7 Å². The highest BCUT2D eigenvalue weighted by Crippen LogP contribution is 2.42. The smallest absolute Gasteiger partial charge is 0.216 e. The van der Waals surface area contributed by atoms with Gasteiger partial charge in [-0.2, -0.15) is 0 Å². The van der Waals surface area contributed by atoms with Gasteiger partial charge in [0.25, 0.3) is 0 Å². The Morgan fingerprint density at radius 2 is 1.53 bits per heavy atom. The summed E-state index contributed by atoms with van der Waals surface area (Å²) in [5, 5.41) is -0.172. The van der Waals surface area contributed by atoms with Crippen molar-refractivity contribution >= 4 is 17.7 Å². The lowest BCUT2D eigenvalue weighted by Gasteiger charge is -2.36. The molecular formula is C17H26OS. The van der Waals surface area contributed by atoms with E-state index in [0.29, 0.717) is 11.5 Å². The first-order valence-electron chi connectivity index (χ1n) is 6.84. The first-order chi connectivity index (χ1) is 8.50. The lowest BCUT2D eigenvalue weighted by Crippen LogP contribution is -2.23. The maximum atomic E-state index is 11.2. The predicted octanol–water partition coefficient (Wildman–Crippen LogP) is 5.32. The molecule has 1 aromatic rings. The van der Waals surface area contributed by atoms with E-state index in [9.17, 15) is 4.79 Å². The van der Waals surface area contributed by atoms with Crippen molar-refractivity contribution in [2.45, 2.75) is 53.9 Å². The van der Waals surface area contributed by atoms with Gasteiger partial charge in [0.2, 0.25) is 5.12 Å². The molecule has 1 unspecified atom stereocenters. The maximum absolute atomic E-state index is 11.2. The molecule has 0 aliphatic carbocycles. The summed E-state index contributed by atoms with van der Waals surface area (Å²) in [5.41, 5.74) is 2.46. The molecule has 0 amide bonds. The zero-order chi connectivity index (χ0) is 14.8. The van der Waals surface area contributed by atoms with E-state index in [1.165, 1.54) is 5.56 Å². The minimum Gasteiger partial charge on any atom is -0.282 e. The van der Waals surface area contributed by atoms with Gasteiger partial charge < -0.3 is 0 Å². The molecule has 2 heteroatoms. The lowest BCUT2D eigenvalue weighted by atomic mass is 9.69. The quantitative estimate of drug-likeness (QED) is 0.740. The third-order valence-electron chi connectivity index (χ3n) is 3.42. The van der Waals surface area contributed by atoms with Crippen molar-refractivity contribution < 1.29 is 4.79 Å². The van der Waals surface area contributed by atoms with E-state index < -0.39 is 0 Å². The minimum absolute atomic E-state index is 0.172. The van der Waals surface area contributed by atoms with Crippen molar-refractivity contribution in [1.82, 2.24) is 0 Å². The number of carbonyl (C=O) groups is 1. The van der Waals surface area contributed by atoms with Crippen LogP contribution in [-0.4, -0.2) is 5.12 Å². The van der Waals surface area contributed by atoms with Crippen molar-refractivity contribution in [3.8, 4) is 0 Å². The van der Waals surface area contributed by atoms with Gasteiger partial charge in [0.05, 0.1) is 0 Å². The molecule has 0 aliphatic rings. The summed E-state index contributed by atoms with van der Waals surface area (Å²) in [6, 6.07) is 7.91. The highest BCUT2D eigenvalue weighted by molar-refractivity contribution is 7.97. The Kier molecular flexibility index (Phi) is 4.89. The molecular weight excluding hydrogens is 252 g/mol. The summed E-state index contributed by atoms with van der Waals surface area (Å²) in [6.07, 6.45) is 1.13. The number of carbonyl (C=O) groups excluding carboxylic acids is 1. The van der Waals surface area contributed by atoms with Gasteiger partial charge in [0.1, 0.15) is 0 Å². The minimum atomic E-state index is -0.172. The highest BCUT2D eigenvalue weighted by Gasteiger charge is 2.30. The van der Waals surface area contributed by atoms with E-state index in [1.807, 2.05) is 12.1 Å². The van der Waals surface area contributed by atoms with E-state index in [4.69, 9.17) is 0 Å². The van der Waals surface area contributed by atoms with Gasteiger partial charge in [-0.3, -0.25) is 4.79 Å². The van der Waals surface area contributed by atoms with Gasteiger partial charge in [-0.15, -0.1) is 12.6 Å². The monoisotopic (exact) mass is 278 g/mol. The van der Waals surface area contributed by atoms with Crippen molar-refractivity contribution in [2.24, 2.45) is 10.8 Å². The second-order valence-electron chi connectivity index (χ2n) is 7.61.